The third-order valence-corrected chi connectivity index (χ3v) is 2.94. The van der Waals surface area contributed by atoms with E-state index < -0.39 is 0 Å². The summed E-state index contributed by atoms with van der Waals surface area (Å²) < 4.78 is 2.49. The molecule has 7 heteroatoms. The standard InChI is InChI=1S/C6H3I2N5/c7-5-4(2-1-3-9-5)6-10-11-12-13(6)8/h1-3H. The van der Waals surface area contributed by atoms with Crippen molar-refractivity contribution in [1.29, 1.82) is 0 Å². The van der Waals surface area contributed by atoms with Gasteiger partial charge in [0.25, 0.3) is 0 Å². The fourth-order valence-electron chi connectivity index (χ4n) is 0.883. The fourth-order valence-corrected chi connectivity index (χ4v) is 1.91. The number of hydrogen-bond acceptors (Lipinski definition) is 4. The Kier molecular flexibility index (Phi) is 2.71. The smallest absolute Gasteiger partial charge is 0.194 e. The SMILES string of the molecule is Ic1ncccc1-c1nnnn1I. The Balaban J connectivity index is 2.59. The highest BCUT2D eigenvalue weighted by atomic mass is 127. The van der Waals surface area contributed by atoms with Crippen LogP contribution in [0, 0.1) is 3.70 Å². The lowest BCUT2D eigenvalue weighted by atomic mass is 10.3. The molecule has 0 N–H and O–H groups in total. The predicted octanol–water partition coefficient (Wildman–Crippen LogP) is 1.54. The Bertz CT molecular complexity index is 426. The van der Waals surface area contributed by atoms with E-state index in [0.29, 0.717) is 0 Å². The molecule has 13 heavy (non-hydrogen) atoms. The molecule has 0 radical (unpaired) electrons. The van der Waals surface area contributed by atoms with Gasteiger partial charge in [-0.2, -0.15) is 2.90 Å². The van der Waals surface area contributed by atoms with E-state index in [1.807, 2.05) is 35.0 Å². The summed E-state index contributed by atoms with van der Waals surface area (Å²) in [5, 5.41) is 11.2. The summed E-state index contributed by atoms with van der Waals surface area (Å²) in [4.78, 5) is 4.15. The van der Waals surface area contributed by atoms with Gasteiger partial charge >= 0.3 is 0 Å². The highest BCUT2D eigenvalue weighted by molar-refractivity contribution is 14.1. The van der Waals surface area contributed by atoms with Crippen LogP contribution in [0.4, 0.5) is 0 Å². The lowest BCUT2D eigenvalue weighted by Gasteiger charge is -1.98. The van der Waals surface area contributed by atoms with E-state index in [2.05, 4.69) is 43.1 Å². The van der Waals surface area contributed by atoms with Crippen molar-refractivity contribution in [2.45, 2.75) is 0 Å². The van der Waals surface area contributed by atoms with Crippen LogP contribution >= 0.6 is 45.5 Å². The number of aromatic nitrogens is 5. The highest BCUT2D eigenvalue weighted by Crippen LogP contribution is 2.21. The normalized spacial score (nSPS) is 10.3. The second-order valence-electron chi connectivity index (χ2n) is 2.20. The van der Waals surface area contributed by atoms with Crippen molar-refractivity contribution in [3.63, 3.8) is 0 Å². The molecule has 5 nitrogen and oxygen atoms in total. The van der Waals surface area contributed by atoms with Crippen LogP contribution in [0.1, 0.15) is 0 Å². The molecule has 0 saturated carbocycles. The minimum absolute atomic E-state index is 0.720. The summed E-state index contributed by atoms with van der Waals surface area (Å²) in [6, 6.07) is 3.80. The zero-order valence-corrected chi connectivity index (χ0v) is 10.5. The van der Waals surface area contributed by atoms with Gasteiger partial charge in [-0.3, -0.25) is 0 Å². The molecule has 2 aromatic heterocycles. The number of rotatable bonds is 1. The predicted molar refractivity (Wildman–Crippen MR) is 63.2 cm³/mol. The maximum atomic E-state index is 4.15. The molecule has 2 heterocycles. The van der Waals surface area contributed by atoms with E-state index in [-0.39, 0.29) is 0 Å². The van der Waals surface area contributed by atoms with Crippen molar-refractivity contribution in [2.24, 2.45) is 0 Å². The first-order valence-corrected chi connectivity index (χ1v) is 5.39. The lowest BCUT2D eigenvalue weighted by molar-refractivity contribution is 0.870. The van der Waals surface area contributed by atoms with E-state index in [1.165, 1.54) is 0 Å². The van der Waals surface area contributed by atoms with Crippen molar-refractivity contribution < 1.29 is 0 Å². The van der Waals surface area contributed by atoms with Gasteiger partial charge in [0, 0.05) is 6.20 Å². The van der Waals surface area contributed by atoms with E-state index in [1.54, 1.807) is 9.09 Å². The van der Waals surface area contributed by atoms with E-state index in [0.717, 1.165) is 15.1 Å². The van der Waals surface area contributed by atoms with Crippen LogP contribution in [0.3, 0.4) is 0 Å². The highest BCUT2D eigenvalue weighted by Gasteiger charge is 2.10. The van der Waals surface area contributed by atoms with Gasteiger partial charge in [0.2, 0.25) is 0 Å². The number of halogens is 2. The molecule has 0 aliphatic heterocycles. The first-order valence-electron chi connectivity index (χ1n) is 3.34. The van der Waals surface area contributed by atoms with Gasteiger partial charge in [-0.25, -0.2) is 4.98 Å². The molecule has 0 fully saturated rings. The molecule has 66 valence electrons. The Hall–Kier alpha value is -0.320. The Morgan fingerprint density at radius 3 is 2.85 bits per heavy atom. The molecular formula is C6H3I2N5. The molecule has 0 spiro atoms. The van der Waals surface area contributed by atoms with Crippen LogP contribution in [0.5, 0.6) is 0 Å². The molecule has 0 bridgehead atoms. The van der Waals surface area contributed by atoms with Gasteiger partial charge in [-0.05, 0) is 45.2 Å². The molecule has 2 aromatic rings. The van der Waals surface area contributed by atoms with Crippen molar-refractivity contribution in [3.05, 3.63) is 22.0 Å². The van der Waals surface area contributed by atoms with Crippen molar-refractivity contribution in [2.75, 3.05) is 0 Å². The third-order valence-electron chi connectivity index (χ3n) is 1.43. The molecule has 0 aliphatic rings. The quantitative estimate of drug-likeness (QED) is 0.540. The van der Waals surface area contributed by atoms with Gasteiger partial charge in [0.05, 0.1) is 28.4 Å². The molecule has 2 rings (SSSR count). The second-order valence-corrected chi connectivity index (χ2v) is 4.14. The maximum Gasteiger partial charge on any atom is 0.194 e. The monoisotopic (exact) mass is 399 g/mol. The van der Waals surface area contributed by atoms with Crippen LogP contribution in [0.2, 0.25) is 0 Å². The Labute approximate surface area is 102 Å². The van der Waals surface area contributed by atoms with Gasteiger partial charge in [0.15, 0.2) is 5.82 Å². The number of hydrogen-bond donors (Lipinski definition) is 0. The minimum atomic E-state index is 0.720. The summed E-state index contributed by atoms with van der Waals surface area (Å²) in [6.45, 7) is 0. The zero-order valence-electron chi connectivity index (χ0n) is 6.22. The van der Waals surface area contributed by atoms with E-state index in [4.69, 9.17) is 0 Å². The van der Waals surface area contributed by atoms with Crippen molar-refractivity contribution >= 4 is 45.5 Å². The van der Waals surface area contributed by atoms with Gasteiger partial charge in [-0.15, -0.1) is 5.10 Å². The topological polar surface area (TPSA) is 56.5 Å². The average molecular weight is 399 g/mol. The molecular weight excluding hydrogens is 396 g/mol. The third kappa shape index (κ3) is 1.80. The number of nitrogens with zero attached hydrogens (tertiary/aromatic N) is 5. The van der Waals surface area contributed by atoms with Crippen molar-refractivity contribution in [3.8, 4) is 11.4 Å². The summed E-state index contributed by atoms with van der Waals surface area (Å²) >= 11 is 4.18. The maximum absolute atomic E-state index is 4.15. The van der Waals surface area contributed by atoms with E-state index in [9.17, 15) is 0 Å². The van der Waals surface area contributed by atoms with Gasteiger partial charge < -0.3 is 0 Å². The first-order chi connectivity index (χ1) is 6.29. The van der Waals surface area contributed by atoms with Crippen LogP contribution in [-0.4, -0.2) is 23.4 Å². The summed E-state index contributed by atoms with van der Waals surface area (Å²) in [5.74, 6) is 0.720. The molecule has 0 atom stereocenters. The molecule has 0 saturated heterocycles. The van der Waals surface area contributed by atoms with Gasteiger partial charge in [0.1, 0.15) is 3.70 Å². The minimum Gasteiger partial charge on any atom is -0.250 e. The fraction of sp³-hybridized carbons (Fsp3) is 0. The summed E-state index contributed by atoms with van der Waals surface area (Å²) in [5.41, 5.74) is 0.947. The second kappa shape index (κ2) is 3.82. The first kappa shape index (κ1) is 9.24. The van der Waals surface area contributed by atoms with Crippen LogP contribution in [0.25, 0.3) is 11.4 Å². The number of tetrazole rings is 1. The van der Waals surface area contributed by atoms with Crippen LogP contribution < -0.4 is 0 Å². The molecule has 0 amide bonds. The molecule has 0 aliphatic carbocycles. The largest absolute Gasteiger partial charge is 0.250 e. The zero-order chi connectivity index (χ0) is 9.26. The summed E-state index contributed by atoms with van der Waals surface area (Å²) in [6.07, 6.45) is 1.74. The van der Waals surface area contributed by atoms with Crippen LogP contribution in [0.15, 0.2) is 18.3 Å². The number of pyridine rings is 1. The van der Waals surface area contributed by atoms with Crippen molar-refractivity contribution in [1.82, 2.24) is 23.4 Å². The van der Waals surface area contributed by atoms with Crippen LogP contribution in [-0.2, 0) is 0 Å². The lowest BCUT2D eigenvalue weighted by Crippen LogP contribution is -1.92. The Morgan fingerprint density at radius 2 is 2.23 bits per heavy atom. The molecule has 0 unspecified atom stereocenters. The Morgan fingerprint density at radius 1 is 1.38 bits per heavy atom. The summed E-state index contributed by atoms with van der Waals surface area (Å²) in [7, 11) is 0. The van der Waals surface area contributed by atoms with Gasteiger partial charge in [-0.1, -0.05) is 0 Å². The molecule has 0 aromatic carbocycles. The average Bonchev–Trinajstić information content (AvgIpc) is 2.52. The van der Waals surface area contributed by atoms with E-state index >= 15 is 0 Å².